The first-order valence-electron chi connectivity index (χ1n) is 12.8. The number of hydrogen-bond acceptors (Lipinski definition) is 6. The number of amides is 1. The molecular weight excluding hydrogens is 444 g/mol. The summed E-state index contributed by atoms with van der Waals surface area (Å²) < 4.78 is 12.9. The van der Waals surface area contributed by atoms with Gasteiger partial charge in [-0.25, -0.2) is 4.79 Å². The van der Waals surface area contributed by atoms with Crippen LogP contribution in [-0.2, 0) is 25.6 Å². The highest BCUT2D eigenvalue weighted by molar-refractivity contribution is 5.99. The number of aryl methyl sites for hydroxylation is 1. The van der Waals surface area contributed by atoms with Crippen LogP contribution in [-0.4, -0.2) is 66.3 Å². The zero-order chi connectivity index (χ0) is 25.4. The number of rotatable bonds is 9. The molecule has 2 aliphatic rings. The van der Waals surface area contributed by atoms with E-state index < -0.39 is 12.6 Å². The van der Waals surface area contributed by atoms with E-state index in [1.54, 1.807) is 6.08 Å². The predicted molar refractivity (Wildman–Crippen MR) is 135 cm³/mol. The number of morpholine rings is 1. The van der Waals surface area contributed by atoms with Gasteiger partial charge in [-0.3, -0.25) is 9.69 Å². The molecule has 0 unspecified atom stereocenters. The van der Waals surface area contributed by atoms with Gasteiger partial charge in [0.1, 0.15) is 11.6 Å². The maximum absolute atomic E-state index is 12.6. The Morgan fingerprint density at radius 3 is 2.54 bits per heavy atom. The summed E-state index contributed by atoms with van der Waals surface area (Å²) in [6, 6.07) is 3.89. The van der Waals surface area contributed by atoms with Crippen LogP contribution >= 0.6 is 0 Å². The standard InChI is InChI=1S/C27H40N4O4/c1-20(2)17-31-21(3)14-23(22(31)4)15-24(16-28)26(33)35-18-25(32)29-19-27(8-6-5-7-9-27)30-10-12-34-13-11-30/h14-15,20H,5-13,17-19H2,1-4H3,(H,29,32). The van der Waals surface area contributed by atoms with Gasteiger partial charge in [0.25, 0.3) is 5.91 Å². The van der Waals surface area contributed by atoms with Gasteiger partial charge < -0.3 is 19.4 Å². The van der Waals surface area contributed by atoms with Crippen LogP contribution in [0.15, 0.2) is 11.6 Å². The lowest BCUT2D eigenvalue weighted by atomic mass is 9.79. The van der Waals surface area contributed by atoms with Crippen molar-refractivity contribution in [2.24, 2.45) is 5.92 Å². The summed E-state index contributed by atoms with van der Waals surface area (Å²) in [5.41, 5.74) is 2.71. The van der Waals surface area contributed by atoms with Gasteiger partial charge in [-0.2, -0.15) is 5.26 Å². The summed E-state index contributed by atoms with van der Waals surface area (Å²) in [7, 11) is 0. The van der Waals surface area contributed by atoms with E-state index in [0.717, 1.165) is 75.5 Å². The average molecular weight is 485 g/mol. The first-order chi connectivity index (χ1) is 16.8. The summed E-state index contributed by atoms with van der Waals surface area (Å²) in [6.07, 6.45) is 7.16. The summed E-state index contributed by atoms with van der Waals surface area (Å²) in [5, 5.41) is 12.5. The Bertz CT molecular complexity index is 961. The zero-order valence-electron chi connectivity index (χ0n) is 21.7. The van der Waals surface area contributed by atoms with E-state index in [-0.39, 0.29) is 17.0 Å². The van der Waals surface area contributed by atoms with Crippen molar-refractivity contribution < 1.29 is 19.1 Å². The van der Waals surface area contributed by atoms with Crippen LogP contribution in [0.3, 0.4) is 0 Å². The van der Waals surface area contributed by atoms with E-state index in [1.807, 2.05) is 26.0 Å². The molecule has 0 aromatic carbocycles. The van der Waals surface area contributed by atoms with Crippen LogP contribution in [0, 0.1) is 31.1 Å². The minimum Gasteiger partial charge on any atom is -0.451 e. The van der Waals surface area contributed by atoms with Crippen LogP contribution in [0.25, 0.3) is 6.08 Å². The number of nitrogens with zero attached hydrogens (tertiary/aromatic N) is 3. The topological polar surface area (TPSA) is 96.6 Å². The van der Waals surface area contributed by atoms with Crippen molar-refractivity contribution in [2.45, 2.75) is 71.9 Å². The van der Waals surface area contributed by atoms with E-state index in [9.17, 15) is 14.9 Å². The van der Waals surface area contributed by atoms with Crippen LogP contribution in [0.4, 0.5) is 0 Å². The Kier molecular flexibility index (Phi) is 9.53. The third-order valence-corrected chi connectivity index (χ3v) is 7.22. The Morgan fingerprint density at radius 2 is 1.91 bits per heavy atom. The summed E-state index contributed by atoms with van der Waals surface area (Å²) in [6.45, 7) is 12.5. The van der Waals surface area contributed by atoms with E-state index >= 15 is 0 Å². The molecule has 1 aromatic heterocycles. The van der Waals surface area contributed by atoms with Gasteiger partial charge in [0.05, 0.1) is 13.2 Å². The van der Waals surface area contributed by atoms with Crippen molar-refractivity contribution in [3.8, 4) is 6.07 Å². The molecule has 2 heterocycles. The molecule has 1 N–H and O–H groups in total. The van der Waals surface area contributed by atoms with Crippen molar-refractivity contribution in [1.82, 2.24) is 14.8 Å². The number of esters is 1. The molecule has 35 heavy (non-hydrogen) atoms. The van der Waals surface area contributed by atoms with E-state index in [1.165, 1.54) is 6.42 Å². The molecule has 0 atom stereocenters. The highest BCUT2D eigenvalue weighted by Gasteiger charge is 2.38. The number of carbonyl (C=O) groups is 2. The van der Waals surface area contributed by atoms with Crippen molar-refractivity contribution in [3.63, 3.8) is 0 Å². The highest BCUT2D eigenvalue weighted by atomic mass is 16.5. The number of ether oxygens (including phenoxy) is 2. The molecule has 0 bridgehead atoms. The van der Waals surface area contributed by atoms with Crippen molar-refractivity contribution in [1.29, 1.82) is 5.26 Å². The lowest BCUT2D eigenvalue weighted by Gasteiger charge is -2.48. The minimum atomic E-state index is -0.781. The summed E-state index contributed by atoms with van der Waals surface area (Å²) >= 11 is 0. The molecule has 2 fully saturated rings. The van der Waals surface area contributed by atoms with Gasteiger partial charge in [-0.1, -0.05) is 33.1 Å². The maximum Gasteiger partial charge on any atom is 0.349 e. The molecular formula is C27H40N4O4. The van der Waals surface area contributed by atoms with Gasteiger partial charge in [-0.15, -0.1) is 0 Å². The van der Waals surface area contributed by atoms with Gasteiger partial charge in [-0.05, 0) is 50.3 Å². The SMILES string of the molecule is Cc1cc(C=C(C#N)C(=O)OCC(=O)NCC2(N3CCOCC3)CCCCC2)c(C)n1CC(C)C. The van der Waals surface area contributed by atoms with E-state index in [2.05, 4.69) is 28.6 Å². The molecule has 192 valence electrons. The van der Waals surface area contributed by atoms with Crippen molar-refractivity contribution >= 4 is 18.0 Å². The molecule has 3 rings (SSSR count). The number of nitriles is 1. The fourth-order valence-corrected chi connectivity index (χ4v) is 5.29. The molecule has 1 aliphatic heterocycles. The van der Waals surface area contributed by atoms with Crippen LogP contribution in [0.2, 0.25) is 0 Å². The molecule has 1 amide bonds. The fraction of sp³-hybridized carbons (Fsp3) is 0.667. The zero-order valence-corrected chi connectivity index (χ0v) is 21.7. The van der Waals surface area contributed by atoms with Gasteiger partial charge in [0.15, 0.2) is 6.61 Å². The fourth-order valence-electron chi connectivity index (χ4n) is 5.29. The minimum absolute atomic E-state index is 0.0576. The molecule has 1 saturated heterocycles. The van der Waals surface area contributed by atoms with Crippen LogP contribution < -0.4 is 5.32 Å². The van der Waals surface area contributed by atoms with Crippen molar-refractivity contribution in [3.05, 3.63) is 28.6 Å². The lowest BCUT2D eigenvalue weighted by Crippen LogP contribution is -2.59. The molecule has 8 heteroatoms. The molecule has 0 radical (unpaired) electrons. The monoisotopic (exact) mass is 484 g/mol. The Balaban J connectivity index is 1.58. The largest absolute Gasteiger partial charge is 0.451 e. The molecule has 1 aromatic rings. The second-order valence-electron chi connectivity index (χ2n) is 10.2. The van der Waals surface area contributed by atoms with E-state index in [4.69, 9.17) is 9.47 Å². The molecule has 8 nitrogen and oxygen atoms in total. The molecule has 1 saturated carbocycles. The number of hydrogen-bond donors (Lipinski definition) is 1. The summed E-state index contributed by atoms with van der Waals surface area (Å²) in [5.74, 6) is -0.646. The highest BCUT2D eigenvalue weighted by Crippen LogP contribution is 2.33. The third-order valence-electron chi connectivity index (χ3n) is 7.22. The van der Waals surface area contributed by atoms with Crippen molar-refractivity contribution in [2.75, 3.05) is 39.5 Å². The quantitative estimate of drug-likeness (QED) is 0.328. The predicted octanol–water partition coefficient (Wildman–Crippen LogP) is 3.36. The number of aromatic nitrogens is 1. The number of nitrogens with one attached hydrogen (secondary N) is 1. The number of carbonyl (C=O) groups excluding carboxylic acids is 2. The Morgan fingerprint density at radius 1 is 1.23 bits per heavy atom. The second-order valence-corrected chi connectivity index (χ2v) is 10.2. The Labute approximate surface area is 209 Å². The lowest BCUT2D eigenvalue weighted by molar-refractivity contribution is -0.144. The van der Waals surface area contributed by atoms with Gasteiger partial charge in [0.2, 0.25) is 0 Å². The maximum atomic E-state index is 12.6. The van der Waals surface area contributed by atoms with Gasteiger partial charge >= 0.3 is 5.97 Å². The first kappa shape index (κ1) is 27.0. The Hall–Kier alpha value is -2.63. The van der Waals surface area contributed by atoms with Crippen LogP contribution in [0.1, 0.15) is 62.9 Å². The van der Waals surface area contributed by atoms with Gasteiger partial charge in [0, 0.05) is 43.1 Å². The summed E-state index contributed by atoms with van der Waals surface area (Å²) in [4.78, 5) is 27.6. The normalized spacial score (nSPS) is 18.8. The smallest absolute Gasteiger partial charge is 0.349 e. The van der Waals surface area contributed by atoms with E-state index in [0.29, 0.717) is 12.5 Å². The second kappa shape index (κ2) is 12.4. The molecule has 0 spiro atoms. The third kappa shape index (κ3) is 6.96. The van der Waals surface area contributed by atoms with Crippen LogP contribution in [0.5, 0.6) is 0 Å². The molecule has 1 aliphatic carbocycles. The first-order valence-corrected chi connectivity index (χ1v) is 12.8. The average Bonchev–Trinajstić information content (AvgIpc) is 3.12.